The monoisotopic (exact) mass is 672 g/mol. The Bertz CT molecular complexity index is 1930. The third-order valence-electron chi connectivity index (χ3n) is 9.48. The van der Waals surface area contributed by atoms with E-state index in [1.165, 1.54) is 23.8 Å². The quantitative estimate of drug-likeness (QED) is 0.208. The number of piperidine rings is 1. The van der Waals surface area contributed by atoms with Crippen LogP contribution < -0.4 is 10.6 Å². The molecular formula is C36H44N6O5S. The molecule has 2 amide bonds. The van der Waals surface area contributed by atoms with Gasteiger partial charge in [-0.15, -0.1) is 0 Å². The Hall–Kier alpha value is -4.42. The summed E-state index contributed by atoms with van der Waals surface area (Å²) in [6.07, 6.45) is 3.91. The Labute approximate surface area is 282 Å². The van der Waals surface area contributed by atoms with Crippen molar-refractivity contribution in [1.82, 2.24) is 18.7 Å². The molecule has 2 unspecified atom stereocenters. The van der Waals surface area contributed by atoms with Crippen molar-refractivity contribution in [2.45, 2.75) is 82.3 Å². The molecule has 4 aromatic rings. The van der Waals surface area contributed by atoms with Gasteiger partial charge in [-0.1, -0.05) is 50.6 Å². The Balaban J connectivity index is 1.12. The van der Waals surface area contributed by atoms with Crippen LogP contribution >= 0.6 is 0 Å². The number of sulfonamides is 1. The molecule has 0 spiro atoms. The minimum atomic E-state index is -3.79. The molecule has 2 aliphatic rings. The smallest absolute Gasteiger partial charge is 0.354 e. The van der Waals surface area contributed by atoms with Gasteiger partial charge in [0, 0.05) is 36.3 Å². The zero-order valence-corrected chi connectivity index (χ0v) is 29.2. The zero-order chi connectivity index (χ0) is 34.4. The topological polar surface area (TPSA) is 128 Å². The zero-order valence-electron chi connectivity index (χ0n) is 28.4. The summed E-state index contributed by atoms with van der Waals surface area (Å²) in [5.74, 6) is 0.307. The summed E-state index contributed by atoms with van der Waals surface area (Å²) < 4.78 is 37.3. The van der Waals surface area contributed by atoms with Gasteiger partial charge in [-0.2, -0.15) is 9.40 Å². The molecule has 12 heteroatoms. The van der Waals surface area contributed by atoms with E-state index in [9.17, 15) is 18.0 Å². The average molecular weight is 673 g/mol. The van der Waals surface area contributed by atoms with Crippen LogP contribution in [0.15, 0.2) is 71.8 Å². The molecule has 11 nitrogen and oxygen atoms in total. The van der Waals surface area contributed by atoms with E-state index in [4.69, 9.17) is 9.84 Å². The molecule has 2 aromatic carbocycles. The van der Waals surface area contributed by atoms with Crippen LogP contribution in [0, 0.1) is 12.8 Å². The Morgan fingerprint density at radius 2 is 1.65 bits per heavy atom. The molecule has 2 bridgehead atoms. The van der Waals surface area contributed by atoms with E-state index in [-0.39, 0.29) is 34.2 Å². The van der Waals surface area contributed by atoms with Crippen molar-refractivity contribution >= 4 is 33.5 Å². The fraction of sp³-hybridized carbons (Fsp3) is 0.417. The molecular weight excluding hydrogens is 628 g/mol. The summed E-state index contributed by atoms with van der Waals surface area (Å²) in [7, 11) is -0.935. The first-order valence-electron chi connectivity index (χ1n) is 16.4. The molecule has 2 aromatic heterocycles. The molecule has 254 valence electrons. The second-order valence-electron chi connectivity index (χ2n) is 14.1. The number of esters is 1. The van der Waals surface area contributed by atoms with Gasteiger partial charge in [-0.25, -0.2) is 22.7 Å². The van der Waals surface area contributed by atoms with E-state index in [0.29, 0.717) is 17.4 Å². The van der Waals surface area contributed by atoms with Crippen molar-refractivity contribution in [1.29, 1.82) is 0 Å². The van der Waals surface area contributed by atoms with Crippen LogP contribution in [0.25, 0.3) is 5.69 Å². The molecule has 0 saturated carbocycles. The van der Waals surface area contributed by atoms with Crippen LogP contribution in [0.5, 0.6) is 0 Å². The molecule has 2 fully saturated rings. The number of hydrogen-bond donors (Lipinski definition) is 2. The number of nitrogens with one attached hydrogen (secondary N) is 2. The summed E-state index contributed by atoms with van der Waals surface area (Å²) in [6, 6.07) is 20.2. The molecule has 2 aliphatic heterocycles. The predicted octanol–water partition coefficient (Wildman–Crippen LogP) is 6.42. The van der Waals surface area contributed by atoms with Crippen molar-refractivity contribution < 1.29 is 22.7 Å². The van der Waals surface area contributed by atoms with E-state index in [1.54, 1.807) is 16.0 Å². The van der Waals surface area contributed by atoms with E-state index in [0.717, 1.165) is 54.6 Å². The van der Waals surface area contributed by atoms with E-state index >= 15 is 0 Å². The van der Waals surface area contributed by atoms with Gasteiger partial charge in [-0.3, -0.25) is 5.32 Å². The number of amides is 2. The molecule has 0 radical (unpaired) electrons. The number of fused-ring (bicyclic) bond motifs is 2. The highest BCUT2D eigenvalue weighted by Gasteiger charge is 2.48. The average Bonchev–Trinajstić information content (AvgIpc) is 3.71. The molecule has 48 heavy (non-hydrogen) atoms. The fourth-order valence-corrected chi connectivity index (χ4v) is 9.15. The number of methoxy groups -OCH3 is 1. The van der Waals surface area contributed by atoms with E-state index in [1.807, 2.05) is 55.5 Å². The number of aromatic nitrogens is 3. The third-order valence-corrected chi connectivity index (χ3v) is 11.6. The van der Waals surface area contributed by atoms with Crippen molar-refractivity contribution in [2.75, 3.05) is 17.7 Å². The van der Waals surface area contributed by atoms with Crippen molar-refractivity contribution in [3.05, 3.63) is 89.2 Å². The Kier molecular flexibility index (Phi) is 8.99. The van der Waals surface area contributed by atoms with Crippen LogP contribution in [0.3, 0.4) is 0 Å². The van der Waals surface area contributed by atoms with Gasteiger partial charge in [-0.05, 0) is 86.9 Å². The maximum absolute atomic E-state index is 13.8. The molecule has 2 saturated heterocycles. The standard InChI is InChI=1S/C36H44N6O5S/c1-23-10-12-27(13-11-23)41-32(22-31(39-41)36(2,3)4)38-35(44)37-26-9-7-8-24(19-26)18-25-20-28-14-15-29(21-25)42(28)48(45,46)33-17-16-30(40(33)5)34(43)47-6/h7-13,16-17,19,22,25,28-29H,14-15,18,20-21H2,1-6H3,(H2,37,38,44). The summed E-state index contributed by atoms with van der Waals surface area (Å²) >= 11 is 0. The van der Waals surface area contributed by atoms with Crippen molar-refractivity contribution in [3.63, 3.8) is 0 Å². The number of carbonyl (C=O) groups is 2. The lowest BCUT2D eigenvalue weighted by Crippen LogP contribution is -2.47. The second kappa shape index (κ2) is 12.9. The van der Waals surface area contributed by atoms with E-state index < -0.39 is 16.0 Å². The number of ether oxygens (including phenoxy) is 1. The van der Waals surface area contributed by atoms with Gasteiger partial charge in [0.15, 0.2) is 5.03 Å². The SMILES string of the molecule is COC(=O)c1ccc(S(=O)(=O)N2C3CCC2CC(Cc2cccc(NC(=O)Nc4cc(C(C)(C)C)nn4-c4ccc(C)cc4)c2)C3)n1C. The molecule has 2 N–H and O–H groups in total. The largest absolute Gasteiger partial charge is 0.464 e. The summed E-state index contributed by atoms with van der Waals surface area (Å²) in [4.78, 5) is 25.3. The molecule has 6 rings (SSSR count). The number of hydrogen-bond acceptors (Lipinski definition) is 6. The molecule has 0 aliphatic carbocycles. The van der Waals surface area contributed by atoms with Crippen LogP contribution in [-0.2, 0) is 33.6 Å². The third kappa shape index (κ3) is 6.64. The highest BCUT2D eigenvalue weighted by atomic mass is 32.2. The number of nitrogens with zero attached hydrogens (tertiary/aromatic N) is 4. The maximum Gasteiger partial charge on any atom is 0.354 e. The van der Waals surface area contributed by atoms with Crippen LogP contribution in [0.4, 0.5) is 16.3 Å². The van der Waals surface area contributed by atoms with Gasteiger partial charge in [0.05, 0.1) is 18.5 Å². The first kappa shape index (κ1) is 33.5. The van der Waals surface area contributed by atoms with Crippen molar-refractivity contribution in [3.8, 4) is 5.69 Å². The fourth-order valence-electron chi connectivity index (χ4n) is 7.08. The van der Waals surface area contributed by atoms with Gasteiger partial charge >= 0.3 is 12.0 Å². The normalized spacial score (nSPS) is 19.7. The number of benzene rings is 2. The van der Waals surface area contributed by atoms with Gasteiger partial charge in [0.2, 0.25) is 0 Å². The van der Waals surface area contributed by atoms with Crippen LogP contribution in [0.2, 0.25) is 0 Å². The Morgan fingerprint density at radius 1 is 0.958 bits per heavy atom. The maximum atomic E-state index is 13.8. The Morgan fingerprint density at radius 3 is 2.29 bits per heavy atom. The lowest BCUT2D eigenvalue weighted by Gasteiger charge is -2.38. The minimum absolute atomic E-state index is 0.0984. The van der Waals surface area contributed by atoms with Crippen molar-refractivity contribution in [2.24, 2.45) is 13.0 Å². The number of aryl methyl sites for hydroxylation is 1. The number of urea groups is 1. The first-order valence-corrected chi connectivity index (χ1v) is 17.8. The highest BCUT2D eigenvalue weighted by Crippen LogP contribution is 2.43. The lowest BCUT2D eigenvalue weighted by molar-refractivity contribution is 0.0589. The summed E-state index contributed by atoms with van der Waals surface area (Å²) in [6.45, 7) is 8.29. The molecule has 4 heterocycles. The second-order valence-corrected chi connectivity index (χ2v) is 15.9. The van der Waals surface area contributed by atoms with Gasteiger partial charge in [0.25, 0.3) is 10.0 Å². The first-order chi connectivity index (χ1) is 22.7. The number of rotatable bonds is 8. The number of carbonyl (C=O) groups excluding carboxylic acids is 2. The summed E-state index contributed by atoms with van der Waals surface area (Å²) in [5, 5.41) is 10.9. The van der Waals surface area contributed by atoms with Crippen LogP contribution in [0.1, 0.15) is 73.8 Å². The minimum Gasteiger partial charge on any atom is -0.464 e. The van der Waals surface area contributed by atoms with Gasteiger partial charge < -0.3 is 14.6 Å². The van der Waals surface area contributed by atoms with Crippen LogP contribution in [-0.4, -0.2) is 58.3 Å². The predicted molar refractivity (Wildman–Crippen MR) is 185 cm³/mol. The summed E-state index contributed by atoms with van der Waals surface area (Å²) in [5.41, 5.74) is 4.62. The number of anilines is 2. The highest BCUT2D eigenvalue weighted by molar-refractivity contribution is 7.89. The molecule has 2 atom stereocenters. The lowest BCUT2D eigenvalue weighted by atomic mass is 9.87. The van der Waals surface area contributed by atoms with E-state index in [2.05, 4.69) is 37.5 Å². The van der Waals surface area contributed by atoms with Gasteiger partial charge in [0.1, 0.15) is 11.5 Å².